The fourth-order valence-corrected chi connectivity index (χ4v) is 5.49. The first-order chi connectivity index (χ1) is 19.9. The molecule has 42 heavy (non-hydrogen) atoms. The molecule has 0 spiro atoms. The number of fused-ring (bicyclic) bond motifs is 1. The van der Waals surface area contributed by atoms with Gasteiger partial charge < -0.3 is 20.3 Å². The van der Waals surface area contributed by atoms with Gasteiger partial charge in [-0.15, -0.1) is 0 Å². The van der Waals surface area contributed by atoms with Crippen LogP contribution < -0.4 is 10.6 Å². The van der Waals surface area contributed by atoms with E-state index >= 15 is 0 Å². The van der Waals surface area contributed by atoms with Gasteiger partial charge in [0.15, 0.2) is 0 Å². The fourth-order valence-electron chi connectivity index (χ4n) is 5.49. The topological polar surface area (TPSA) is 87.7 Å². The van der Waals surface area contributed by atoms with Gasteiger partial charge in [-0.1, -0.05) is 74.4 Å². The molecule has 1 aliphatic carbocycles. The van der Waals surface area contributed by atoms with Crippen molar-refractivity contribution in [3.8, 4) is 0 Å². The number of carbonyl (C=O) groups is 3. The molecule has 0 aliphatic heterocycles. The van der Waals surface area contributed by atoms with E-state index in [-0.39, 0.29) is 23.8 Å². The lowest BCUT2D eigenvalue weighted by atomic mass is 9.86. The number of aryl methyl sites for hydroxylation is 2. The van der Waals surface area contributed by atoms with E-state index < -0.39 is 23.8 Å². The molecule has 3 atom stereocenters. The highest BCUT2D eigenvalue weighted by molar-refractivity contribution is 6.00. The molecule has 0 bridgehead atoms. The summed E-state index contributed by atoms with van der Waals surface area (Å²) in [4.78, 5) is 43.6. The van der Waals surface area contributed by atoms with Gasteiger partial charge in [0.25, 0.3) is 5.91 Å². The second kappa shape index (κ2) is 13.0. The van der Waals surface area contributed by atoms with Gasteiger partial charge in [-0.05, 0) is 93.8 Å². The quantitative estimate of drug-likeness (QED) is 0.279. The molecule has 0 aromatic heterocycles. The molecule has 1 fully saturated rings. The molecule has 4 rings (SSSR count). The highest BCUT2D eigenvalue weighted by atomic mass is 16.6. The number of ether oxygens (including phenoxy) is 1. The Morgan fingerprint density at radius 1 is 0.976 bits per heavy atom. The molecule has 0 saturated heterocycles. The standard InChI is InChI=1S/C35H45N3O4/c1-8-23(3)30(37-34(41)42-35(5,6)7)33(40)38(28-14-11-15-28)31(29-19-16-22(2)20-24(29)4)32(39)36-27-18-17-25-12-9-10-13-26(25)21-27/h9-10,12-13,16-21,23,28,30-31H,8,11,14-15H2,1-7H3,(H,36,39)(H,37,41). The normalized spacial score (nSPS) is 15.7. The van der Waals surface area contributed by atoms with Crippen LogP contribution in [-0.4, -0.2) is 40.5 Å². The molecular weight excluding hydrogens is 526 g/mol. The van der Waals surface area contributed by atoms with Gasteiger partial charge in [-0.3, -0.25) is 9.59 Å². The van der Waals surface area contributed by atoms with Crippen LogP contribution in [0.3, 0.4) is 0 Å². The molecule has 224 valence electrons. The third kappa shape index (κ3) is 7.30. The lowest BCUT2D eigenvalue weighted by Gasteiger charge is -2.44. The van der Waals surface area contributed by atoms with E-state index in [1.165, 1.54) is 0 Å². The van der Waals surface area contributed by atoms with Gasteiger partial charge in [0.05, 0.1) is 0 Å². The molecule has 1 aliphatic rings. The molecule has 3 aromatic rings. The molecular formula is C35H45N3O4. The van der Waals surface area contributed by atoms with E-state index in [4.69, 9.17) is 4.74 Å². The Balaban J connectivity index is 1.76. The maximum absolute atomic E-state index is 14.6. The van der Waals surface area contributed by atoms with Gasteiger partial charge in [-0.25, -0.2) is 4.79 Å². The van der Waals surface area contributed by atoms with Gasteiger partial charge in [0, 0.05) is 11.7 Å². The zero-order valence-electron chi connectivity index (χ0n) is 26.0. The Kier molecular flexibility index (Phi) is 9.60. The Bertz CT molecular complexity index is 1440. The number of benzene rings is 3. The highest BCUT2D eigenvalue weighted by Gasteiger charge is 2.43. The number of hydrogen-bond donors (Lipinski definition) is 2. The van der Waals surface area contributed by atoms with Crippen molar-refractivity contribution in [2.24, 2.45) is 5.92 Å². The Hall–Kier alpha value is -3.87. The van der Waals surface area contributed by atoms with E-state index in [0.717, 1.165) is 46.7 Å². The van der Waals surface area contributed by atoms with E-state index in [9.17, 15) is 14.4 Å². The Morgan fingerprint density at radius 2 is 1.67 bits per heavy atom. The van der Waals surface area contributed by atoms with Gasteiger partial charge in [-0.2, -0.15) is 0 Å². The zero-order valence-corrected chi connectivity index (χ0v) is 26.0. The number of nitrogens with one attached hydrogen (secondary N) is 2. The van der Waals surface area contributed by atoms with Crippen LogP contribution in [0.2, 0.25) is 0 Å². The zero-order chi connectivity index (χ0) is 30.6. The summed E-state index contributed by atoms with van der Waals surface area (Å²) in [6.45, 7) is 13.3. The monoisotopic (exact) mass is 571 g/mol. The predicted octanol–water partition coefficient (Wildman–Crippen LogP) is 7.46. The van der Waals surface area contributed by atoms with Crippen molar-refractivity contribution < 1.29 is 19.1 Å². The largest absolute Gasteiger partial charge is 0.444 e. The average Bonchev–Trinajstić information content (AvgIpc) is 2.89. The van der Waals surface area contributed by atoms with Crippen LogP contribution >= 0.6 is 0 Å². The number of amides is 3. The maximum Gasteiger partial charge on any atom is 0.408 e. The number of anilines is 1. The van der Waals surface area contributed by atoms with Crippen molar-refractivity contribution in [3.05, 3.63) is 77.4 Å². The van der Waals surface area contributed by atoms with Gasteiger partial charge in [0.2, 0.25) is 5.91 Å². The molecule has 7 heteroatoms. The Labute approximate surface area is 250 Å². The van der Waals surface area contributed by atoms with E-state index in [0.29, 0.717) is 12.1 Å². The van der Waals surface area contributed by atoms with E-state index in [1.54, 1.807) is 25.7 Å². The molecule has 2 N–H and O–H groups in total. The summed E-state index contributed by atoms with van der Waals surface area (Å²) in [6, 6.07) is 18.0. The van der Waals surface area contributed by atoms with Crippen LogP contribution in [0.15, 0.2) is 60.7 Å². The van der Waals surface area contributed by atoms with Crippen molar-refractivity contribution in [3.63, 3.8) is 0 Å². The van der Waals surface area contributed by atoms with Crippen molar-refractivity contribution >= 4 is 34.4 Å². The van der Waals surface area contributed by atoms with Crippen LogP contribution in [0.5, 0.6) is 0 Å². The molecule has 3 amide bonds. The van der Waals surface area contributed by atoms with E-state index in [1.807, 2.05) is 88.4 Å². The van der Waals surface area contributed by atoms with Crippen LogP contribution in [0, 0.1) is 19.8 Å². The third-order valence-corrected chi connectivity index (χ3v) is 8.14. The van der Waals surface area contributed by atoms with Gasteiger partial charge in [0.1, 0.15) is 17.7 Å². The minimum atomic E-state index is -0.873. The molecule has 0 radical (unpaired) electrons. The van der Waals surface area contributed by atoms with Crippen LogP contribution in [0.25, 0.3) is 10.8 Å². The summed E-state index contributed by atoms with van der Waals surface area (Å²) in [5.74, 6) is -0.716. The summed E-state index contributed by atoms with van der Waals surface area (Å²) in [7, 11) is 0. The number of nitrogens with zero attached hydrogens (tertiary/aromatic N) is 1. The lowest BCUT2D eigenvalue weighted by molar-refractivity contribution is -0.147. The highest BCUT2D eigenvalue weighted by Crippen LogP contribution is 2.36. The van der Waals surface area contributed by atoms with Crippen LogP contribution in [0.1, 0.15) is 83.0 Å². The number of alkyl carbamates (subject to hydrolysis) is 1. The van der Waals surface area contributed by atoms with Crippen LogP contribution in [-0.2, 0) is 14.3 Å². The maximum atomic E-state index is 14.6. The van der Waals surface area contributed by atoms with Crippen molar-refractivity contribution in [2.75, 3.05) is 5.32 Å². The summed E-state index contributed by atoms with van der Waals surface area (Å²) in [6.07, 6.45) is 2.61. The second-order valence-corrected chi connectivity index (χ2v) is 12.7. The average molecular weight is 572 g/mol. The first kappa shape index (κ1) is 31.1. The molecule has 1 saturated carbocycles. The van der Waals surface area contributed by atoms with Crippen molar-refractivity contribution in [2.45, 2.75) is 97.9 Å². The lowest BCUT2D eigenvalue weighted by Crippen LogP contribution is -2.58. The molecule has 7 nitrogen and oxygen atoms in total. The number of hydrogen-bond acceptors (Lipinski definition) is 4. The SMILES string of the molecule is CCC(C)C(NC(=O)OC(C)(C)C)C(=O)N(C1CCC1)C(C(=O)Nc1ccc2ccccc2c1)c1ccc(C)cc1C. The van der Waals surface area contributed by atoms with Crippen molar-refractivity contribution in [1.82, 2.24) is 10.2 Å². The van der Waals surface area contributed by atoms with Crippen LogP contribution in [0.4, 0.5) is 10.5 Å². The number of carbonyl (C=O) groups excluding carboxylic acids is 3. The summed E-state index contributed by atoms with van der Waals surface area (Å²) in [5, 5.41) is 8.08. The molecule has 3 aromatic carbocycles. The minimum Gasteiger partial charge on any atom is -0.444 e. The summed E-state index contributed by atoms with van der Waals surface area (Å²) >= 11 is 0. The molecule has 0 heterocycles. The number of rotatable bonds is 9. The predicted molar refractivity (Wildman–Crippen MR) is 168 cm³/mol. The first-order valence-corrected chi connectivity index (χ1v) is 15.1. The van der Waals surface area contributed by atoms with Crippen molar-refractivity contribution in [1.29, 1.82) is 0 Å². The summed E-state index contributed by atoms with van der Waals surface area (Å²) < 4.78 is 5.53. The van der Waals surface area contributed by atoms with E-state index in [2.05, 4.69) is 10.6 Å². The summed E-state index contributed by atoms with van der Waals surface area (Å²) in [5.41, 5.74) is 2.75. The minimum absolute atomic E-state index is 0.113. The molecule has 3 unspecified atom stereocenters. The first-order valence-electron chi connectivity index (χ1n) is 15.1. The Morgan fingerprint density at radius 3 is 2.26 bits per heavy atom. The third-order valence-electron chi connectivity index (χ3n) is 8.14. The fraction of sp³-hybridized carbons (Fsp3) is 0.457. The van der Waals surface area contributed by atoms with Gasteiger partial charge >= 0.3 is 6.09 Å². The second-order valence-electron chi connectivity index (χ2n) is 12.7. The smallest absolute Gasteiger partial charge is 0.408 e.